The molecular formula is C24H25NO7. The van der Waals surface area contributed by atoms with Gasteiger partial charge in [0.15, 0.2) is 5.41 Å². The number of nitrogens with zero attached hydrogens (tertiary/aromatic N) is 1. The van der Waals surface area contributed by atoms with Crippen LogP contribution in [0.4, 0.5) is 0 Å². The van der Waals surface area contributed by atoms with Crippen LogP contribution in [0.3, 0.4) is 0 Å². The zero-order chi connectivity index (χ0) is 22.4. The summed E-state index contributed by atoms with van der Waals surface area (Å²) in [6.45, 7) is 1.47. The first-order chi connectivity index (χ1) is 15.4. The summed E-state index contributed by atoms with van der Waals surface area (Å²) in [5, 5.41) is 0. The number of methoxy groups -OCH3 is 3. The molecule has 8 heteroatoms. The highest BCUT2D eigenvalue weighted by Gasteiger charge is 2.95. The summed E-state index contributed by atoms with van der Waals surface area (Å²) < 4.78 is 29.0. The smallest absolute Gasteiger partial charge is 0.319 e. The molecule has 1 aromatic carbocycles. The van der Waals surface area contributed by atoms with E-state index in [1.165, 1.54) is 14.2 Å². The number of carbonyl (C=O) groups excluding carboxylic acids is 2. The minimum atomic E-state index is -1.36. The van der Waals surface area contributed by atoms with Gasteiger partial charge in [-0.2, -0.15) is 0 Å². The first kappa shape index (κ1) is 20.0. The maximum absolute atomic E-state index is 13.7. The van der Waals surface area contributed by atoms with Gasteiger partial charge in [0.05, 0.1) is 33.5 Å². The summed E-state index contributed by atoms with van der Waals surface area (Å²) in [6, 6.07) is 7.87. The van der Waals surface area contributed by atoms with Crippen molar-refractivity contribution in [2.45, 2.75) is 30.0 Å². The molecule has 5 aliphatic rings. The van der Waals surface area contributed by atoms with Crippen molar-refractivity contribution in [3.63, 3.8) is 0 Å². The molecule has 3 saturated heterocycles. The molecule has 3 fully saturated rings. The number of esters is 2. The summed E-state index contributed by atoms with van der Waals surface area (Å²) in [5.41, 5.74) is -3.71. The van der Waals surface area contributed by atoms with Gasteiger partial charge >= 0.3 is 11.9 Å². The Balaban J connectivity index is 1.48. The lowest BCUT2D eigenvalue weighted by Crippen LogP contribution is -2.77. The van der Waals surface area contributed by atoms with E-state index in [1.54, 1.807) is 7.11 Å². The predicted molar refractivity (Wildman–Crippen MR) is 111 cm³/mol. The number of rotatable bonds is 5. The molecule has 6 atom stereocenters. The van der Waals surface area contributed by atoms with Crippen LogP contribution in [-0.4, -0.2) is 74.7 Å². The van der Waals surface area contributed by atoms with Crippen LogP contribution in [0, 0.1) is 10.8 Å². The number of piperidine rings is 1. The Labute approximate surface area is 185 Å². The van der Waals surface area contributed by atoms with Crippen molar-refractivity contribution >= 4 is 11.9 Å². The van der Waals surface area contributed by atoms with E-state index in [0.717, 1.165) is 11.3 Å². The van der Waals surface area contributed by atoms with Gasteiger partial charge in [0.25, 0.3) is 0 Å². The van der Waals surface area contributed by atoms with E-state index in [2.05, 4.69) is 4.90 Å². The van der Waals surface area contributed by atoms with Crippen LogP contribution in [0.15, 0.2) is 48.6 Å². The van der Waals surface area contributed by atoms with E-state index in [9.17, 15) is 9.59 Å². The van der Waals surface area contributed by atoms with E-state index in [1.807, 2.05) is 48.6 Å². The molecule has 5 aliphatic heterocycles. The number of hydrogen-bond acceptors (Lipinski definition) is 8. The fourth-order valence-corrected chi connectivity index (χ4v) is 7.12. The molecule has 1 aromatic rings. The van der Waals surface area contributed by atoms with Gasteiger partial charge in [-0.15, -0.1) is 0 Å². The van der Waals surface area contributed by atoms with Crippen molar-refractivity contribution in [2.75, 3.05) is 34.4 Å². The van der Waals surface area contributed by atoms with Gasteiger partial charge in [-0.05, 0) is 17.7 Å². The van der Waals surface area contributed by atoms with Crippen molar-refractivity contribution in [1.29, 1.82) is 0 Å². The third-order valence-electron chi connectivity index (χ3n) is 8.04. The fourth-order valence-electron chi connectivity index (χ4n) is 7.12. The van der Waals surface area contributed by atoms with Crippen molar-refractivity contribution in [2.24, 2.45) is 10.8 Å². The molecule has 0 N–H and O–H groups in total. The SMILES string of the molecule is COC(=O)C12[C@@H]3C=C[C@@]4(CN(Cc5ccc(OC)cc5)C[C@]5(C=C[C@H]1O5)C24C(=O)OC)O3. The highest BCUT2D eigenvalue weighted by molar-refractivity contribution is 5.97. The van der Waals surface area contributed by atoms with Crippen LogP contribution >= 0.6 is 0 Å². The van der Waals surface area contributed by atoms with E-state index in [0.29, 0.717) is 19.6 Å². The van der Waals surface area contributed by atoms with Crippen molar-refractivity contribution in [3.05, 3.63) is 54.1 Å². The lowest BCUT2D eigenvalue weighted by molar-refractivity contribution is -0.202. The number of ether oxygens (including phenoxy) is 5. The Morgan fingerprint density at radius 2 is 1.50 bits per heavy atom. The van der Waals surface area contributed by atoms with E-state index >= 15 is 0 Å². The Kier molecular flexibility index (Phi) is 3.88. The summed E-state index contributed by atoms with van der Waals surface area (Å²) in [7, 11) is 4.33. The lowest BCUT2D eigenvalue weighted by Gasteiger charge is -2.57. The molecule has 0 saturated carbocycles. The van der Waals surface area contributed by atoms with Gasteiger partial charge in [-0.3, -0.25) is 14.5 Å². The number of benzene rings is 1. The molecule has 5 heterocycles. The number of carbonyl (C=O) groups is 2. The van der Waals surface area contributed by atoms with Crippen molar-refractivity contribution < 1.29 is 33.3 Å². The van der Waals surface area contributed by atoms with Crippen LogP contribution in [0.5, 0.6) is 5.75 Å². The normalized spacial score (nSPS) is 42.2. The highest BCUT2D eigenvalue weighted by Crippen LogP contribution is 2.77. The van der Waals surface area contributed by atoms with Crippen molar-refractivity contribution in [1.82, 2.24) is 4.90 Å². The molecule has 4 bridgehead atoms. The minimum Gasteiger partial charge on any atom is -0.497 e. The Bertz CT molecular complexity index is 1020. The first-order valence-electron chi connectivity index (χ1n) is 10.7. The summed E-state index contributed by atoms with van der Waals surface area (Å²) in [4.78, 5) is 29.3. The zero-order valence-corrected chi connectivity index (χ0v) is 18.2. The topological polar surface area (TPSA) is 83.5 Å². The molecule has 8 nitrogen and oxygen atoms in total. The average molecular weight is 439 g/mol. The van der Waals surface area contributed by atoms with Gasteiger partial charge in [0.1, 0.15) is 22.4 Å². The van der Waals surface area contributed by atoms with Gasteiger partial charge in [-0.1, -0.05) is 36.4 Å². The second-order valence-electron chi connectivity index (χ2n) is 9.17. The van der Waals surface area contributed by atoms with Crippen LogP contribution in [-0.2, 0) is 35.1 Å². The minimum absolute atomic E-state index is 0.422. The summed E-state index contributed by atoms with van der Waals surface area (Å²) in [5.74, 6) is -0.205. The van der Waals surface area contributed by atoms with Gasteiger partial charge in [-0.25, -0.2) is 0 Å². The largest absolute Gasteiger partial charge is 0.497 e. The molecular weight excluding hydrogens is 414 g/mol. The molecule has 0 radical (unpaired) electrons. The number of hydrogen-bond donors (Lipinski definition) is 0. The van der Waals surface area contributed by atoms with E-state index in [-0.39, 0.29) is 0 Å². The van der Waals surface area contributed by atoms with Crippen LogP contribution in [0.1, 0.15) is 5.56 Å². The Morgan fingerprint density at radius 1 is 0.938 bits per heavy atom. The summed E-state index contributed by atoms with van der Waals surface area (Å²) >= 11 is 0. The third kappa shape index (κ3) is 1.88. The quantitative estimate of drug-likeness (QED) is 0.501. The molecule has 0 amide bonds. The Hall–Kier alpha value is -2.68. The molecule has 2 unspecified atom stereocenters. The molecule has 6 rings (SSSR count). The van der Waals surface area contributed by atoms with Crippen LogP contribution in [0.25, 0.3) is 0 Å². The highest BCUT2D eigenvalue weighted by atomic mass is 16.6. The molecule has 2 spiro atoms. The number of fused-ring (bicyclic) bond motifs is 4. The van der Waals surface area contributed by atoms with E-state index < -0.39 is 46.2 Å². The number of likely N-dealkylation sites (tertiary alicyclic amines) is 1. The molecule has 168 valence electrons. The van der Waals surface area contributed by atoms with Gasteiger partial charge < -0.3 is 23.7 Å². The first-order valence-corrected chi connectivity index (χ1v) is 10.7. The van der Waals surface area contributed by atoms with Crippen molar-refractivity contribution in [3.8, 4) is 5.75 Å². The van der Waals surface area contributed by atoms with Crippen LogP contribution < -0.4 is 4.74 Å². The van der Waals surface area contributed by atoms with Gasteiger partial charge in [0, 0.05) is 19.6 Å². The predicted octanol–water partition coefficient (Wildman–Crippen LogP) is 1.24. The molecule has 0 aromatic heterocycles. The molecule has 32 heavy (non-hydrogen) atoms. The fraction of sp³-hybridized carbons (Fsp3) is 0.500. The van der Waals surface area contributed by atoms with E-state index in [4.69, 9.17) is 23.7 Å². The van der Waals surface area contributed by atoms with Crippen LogP contribution in [0.2, 0.25) is 0 Å². The monoisotopic (exact) mass is 439 g/mol. The third-order valence-corrected chi connectivity index (χ3v) is 8.04. The second-order valence-corrected chi connectivity index (χ2v) is 9.17. The maximum atomic E-state index is 13.7. The van der Waals surface area contributed by atoms with Gasteiger partial charge in [0.2, 0.25) is 0 Å². The maximum Gasteiger partial charge on any atom is 0.319 e. The zero-order valence-electron chi connectivity index (χ0n) is 18.2. The Morgan fingerprint density at radius 3 is 2.00 bits per heavy atom. The lowest BCUT2D eigenvalue weighted by atomic mass is 9.44. The average Bonchev–Trinajstić information content (AvgIpc) is 3.54. The summed E-state index contributed by atoms with van der Waals surface area (Å²) in [6.07, 6.45) is 6.34. The standard InChI is InChI=1S/C24H25NO7/c1-28-16-6-4-15(5-7-16)12-25-13-21-10-8-17(31-21)23(19(26)29-2)18-9-11-22(14-25,32-18)24(21,23)20(27)30-3/h4-11,17-18H,12-14H2,1-3H3/t17-,18+,21-,22+,23?,24?. The second kappa shape index (κ2) is 6.21. The molecule has 0 aliphatic carbocycles.